The van der Waals surface area contributed by atoms with Gasteiger partial charge in [0, 0.05) is 19.8 Å². The van der Waals surface area contributed by atoms with Crippen LogP contribution in [-0.4, -0.2) is 34.9 Å². The SMILES string of the molecule is COCOc1ccc(OC)cc1C(C)OCOC. The Labute approximate surface area is 108 Å². The average Bonchev–Trinajstić information content (AvgIpc) is 2.42. The summed E-state index contributed by atoms with van der Waals surface area (Å²) in [7, 11) is 4.78. The van der Waals surface area contributed by atoms with Crippen LogP contribution < -0.4 is 9.47 Å². The van der Waals surface area contributed by atoms with Gasteiger partial charge in [-0.3, -0.25) is 0 Å². The molecule has 0 radical (unpaired) electrons. The molecule has 0 saturated carbocycles. The highest BCUT2D eigenvalue weighted by Gasteiger charge is 2.13. The molecule has 18 heavy (non-hydrogen) atoms. The molecule has 0 aliphatic rings. The highest BCUT2D eigenvalue weighted by atomic mass is 16.7. The minimum absolute atomic E-state index is 0.160. The lowest BCUT2D eigenvalue weighted by atomic mass is 10.1. The number of methoxy groups -OCH3 is 3. The standard InChI is InChI=1S/C13H20O5/c1-10(17-8-14-2)12-7-11(16-4)5-6-13(12)18-9-15-3/h5-7,10H,8-9H2,1-4H3. The van der Waals surface area contributed by atoms with Gasteiger partial charge >= 0.3 is 0 Å². The Morgan fingerprint density at radius 2 is 1.78 bits per heavy atom. The van der Waals surface area contributed by atoms with E-state index in [1.807, 2.05) is 25.1 Å². The summed E-state index contributed by atoms with van der Waals surface area (Å²) in [4.78, 5) is 0. The average molecular weight is 256 g/mol. The van der Waals surface area contributed by atoms with Crippen molar-refractivity contribution in [2.75, 3.05) is 34.9 Å². The van der Waals surface area contributed by atoms with E-state index in [0.717, 1.165) is 11.3 Å². The van der Waals surface area contributed by atoms with Gasteiger partial charge in [-0.25, -0.2) is 0 Å². The largest absolute Gasteiger partial charge is 0.497 e. The molecule has 0 aliphatic carbocycles. The minimum atomic E-state index is -0.160. The van der Waals surface area contributed by atoms with Crippen molar-refractivity contribution in [1.29, 1.82) is 0 Å². The van der Waals surface area contributed by atoms with E-state index < -0.39 is 0 Å². The number of hydrogen-bond donors (Lipinski definition) is 0. The van der Waals surface area contributed by atoms with Gasteiger partial charge in [0.1, 0.15) is 18.3 Å². The zero-order chi connectivity index (χ0) is 13.4. The second kappa shape index (κ2) is 7.92. The second-order valence-electron chi connectivity index (χ2n) is 3.67. The summed E-state index contributed by atoms with van der Waals surface area (Å²) in [5.74, 6) is 1.46. The van der Waals surface area contributed by atoms with Gasteiger partial charge in [0.25, 0.3) is 0 Å². The third-order valence-electron chi connectivity index (χ3n) is 2.42. The summed E-state index contributed by atoms with van der Waals surface area (Å²) in [6.45, 7) is 2.34. The maximum atomic E-state index is 5.50. The van der Waals surface area contributed by atoms with Crippen LogP contribution in [0.15, 0.2) is 18.2 Å². The Morgan fingerprint density at radius 1 is 1.06 bits per heavy atom. The summed E-state index contributed by atoms with van der Waals surface area (Å²) < 4.78 is 26.0. The van der Waals surface area contributed by atoms with Crippen LogP contribution >= 0.6 is 0 Å². The van der Waals surface area contributed by atoms with Crippen molar-refractivity contribution >= 4 is 0 Å². The first-order chi connectivity index (χ1) is 8.72. The molecule has 0 fully saturated rings. The van der Waals surface area contributed by atoms with Gasteiger partial charge in [-0.05, 0) is 25.1 Å². The molecule has 5 heteroatoms. The Kier molecular flexibility index (Phi) is 6.49. The van der Waals surface area contributed by atoms with E-state index in [2.05, 4.69) is 0 Å². The van der Waals surface area contributed by atoms with Crippen molar-refractivity contribution in [3.05, 3.63) is 23.8 Å². The fraction of sp³-hybridized carbons (Fsp3) is 0.538. The summed E-state index contributed by atoms with van der Waals surface area (Å²) in [6.07, 6.45) is -0.160. The van der Waals surface area contributed by atoms with Crippen molar-refractivity contribution < 1.29 is 23.7 Å². The Hall–Kier alpha value is -1.30. The van der Waals surface area contributed by atoms with Gasteiger partial charge in [-0.15, -0.1) is 0 Å². The van der Waals surface area contributed by atoms with E-state index in [1.165, 1.54) is 0 Å². The first kappa shape index (κ1) is 14.8. The van der Waals surface area contributed by atoms with Crippen molar-refractivity contribution in [2.24, 2.45) is 0 Å². The van der Waals surface area contributed by atoms with Gasteiger partial charge in [-0.1, -0.05) is 0 Å². The van der Waals surface area contributed by atoms with Gasteiger partial charge in [0.15, 0.2) is 6.79 Å². The summed E-state index contributed by atoms with van der Waals surface area (Å²) in [5, 5.41) is 0. The lowest BCUT2D eigenvalue weighted by Gasteiger charge is -2.18. The Morgan fingerprint density at radius 3 is 2.39 bits per heavy atom. The molecule has 1 unspecified atom stereocenters. The van der Waals surface area contributed by atoms with E-state index >= 15 is 0 Å². The van der Waals surface area contributed by atoms with E-state index in [-0.39, 0.29) is 19.7 Å². The molecule has 0 saturated heterocycles. The van der Waals surface area contributed by atoms with Crippen LogP contribution in [0.3, 0.4) is 0 Å². The van der Waals surface area contributed by atoms with Crippen LogP contribution in [0.5, 0.6) is 11.5 Å². The quantitative estimate of drug-likeness (QED) is 0.668. The molecule has 0 spiro atoms. The molecular formula is C13H20O5. The maximum absolute atomic E-state index is 5.50. The summed E-state index contributed by atoms with van der Waals surface area (Å²) in [5.41, 5.74) is 0.892. The second-order valence-corrected chi connectivity index (χ2v) is 3.67. The normalized spacial score (nSPS) is 12.2. The van der Waals surface area contributed by atoms with Crippen LogP contribution in [0.25, 0.3) is 0 Å². The molecule has 0 N–H and O–H groups in total. The van der Waals surface area contributed by atoms with Gasteiger partial charge in [0.2, 0.25) is 0 Å². The number of ether oxygens (including phenoxy) is 5. The fourth-order valence-corrected chi connectivity index (χ4v) is 1.48. The van der Waals surface area contributed by atoms with Gasteiger partial charge in [-0.2, -0.15) is 0 Å². The predicted molar refractivity (Wildman–Crippen MR) is 66.9 cm³/mol. The number of rotatable bonds is 8. The molecular weight excluding hydrogens is 236 g/mol. The molecule has 0 amide bonds. The van der Waals surface area contributed by atoms with E-state index in [9.17, 15) is 0 Å². The lowest BCUT2D eigenvalue weighted by Crippen LogP contribution is -2.07. The molecule has 0 aliphatic heterocycles. The van der Waals surface area contributed by atoms with E-state index in [1.54, 1.807) is 21.3 Å². The van der Waals surface area contributed by atoms with Crippen LogP contribution in [-0.2, 0) is 14.2 Å². The monoisotopic (exact) mass is 256 g/mol. The third-order valence-corrected chi connectivity index (χ3v) is 2.42. The molecule has 1 atom stereocenters. The molecule has 1 rings (SSSR count). The van der Waals surface area contributed by atoms with Crippen molar-refractivity contribution in [3.8, 4) is 11.5 Å². The molecule has 102 valence electrons. The molecule has 1 aromatic rings. The summed E-state index contributed by atoms with van der Waals surface area (Å²) in [6, 6.07) is 5.54. The zero-order valence-corrected chi connectivity index (χ0v) is 11.3. The Bertz CT molecular complexity index is 353. The first-order valence-corrected chi connectivity index (χ1v) is 5.63. The predicted octanol–water partition coefficient (Wildman–Crippen LogP) is 2.36. The molecule has 0 aromatic heterocycles. The molecule has 5 nitrogen and oxygen atoms in total. The van der Waals surface area contributed by atoms with Crippen molar-refractivity contribution in [3.63, 3.8) is 0 Å². The first-order valence-electron chi connectivity index (χ1n) is 5.63. The van der Waals surface area contributed by atoms with Gasteiger partial charge < -0.3 is 23.7 Å². The lowest BCUT2D eigenvalue weighted by molar-refractivity contribution is -0.0679. The summed E-state index contributed by atoms with van der Waals surface area (Å²) >= 11 is 0. The third kappa shape index (κ3) is 4.18. The van der Waals surface area contributed by atoms with Gasteiger partial charge in [0.05, 0.1) is 13.2 Å². The van der Waals surface area contributed by atoms with E-state index in [4.69, 9.17) is 23.7 Å². The highest BCUT2D eigenvalue weighted by Crippen LogP contribution is 2.31. The van der Waals surface area contributed by atoms with E-state index in [0.29, 0.717) is 5.75 Å². The van der Waals surface area contributed by atoms with Crippen LogP contribution in [0.2, 0.25) is 0 Å². The zero-order valence-electron chi connectivity index (χ0n) is 11.3. The number of benzene rings is 1. The van der Waals surface area contributed by atoms with Crippen LogP contribution in [0.1, 0.15) is 18.6 Å². The molecule has 1 aromatic carbocycles. The smallest absolute Gasteiger partial charge is 0.188 e. The van der Waals surface area contributed by atoms with Crippen molar-refractivity contribution in [1.82, 2.24) is 0 Å². The number of hydrogen-bond acceptors (Lipinski definition) is 5. The van der Waals surface area contributed by atoms with Crippen LogP contribution in [0.4, 0.5) is 0 Å². The maximum Gasteiger partial charge on any atom is 0.188 e. The molecule has 0 heterocycles. The molecule has 0 bridgehead atoms. The van der Waals surface area contributed by atoms with Crippen molar-refractivity contribution in [2.45, 2.75) is 13.0 Å². The minimum Gasteiger partial charge on any atom is -0.497 e. The van der Waals surface area contributed by atoms with Crippen LogP contribution in [0, 0.1) is 0 Å². The highest BCUT2D eigenvalue weighted by molar-refractivity contribution is 5.41. The Balaban J connectivity index is 2.87. The fourth-order valence-electron chi connectivity index (χ4n) is 1.48. The topological polar surface area (TPSA) is 46.2 Å².